The van der Waals surface area contributed by atoms with Crippen molar-refractivity contribution in [2.45, 2.75) is 12.8 Å². The number of fused-ring (bicyclic) bond motifs is 1. The van der Waals surface area contributed by atoms with Gasteiger partial charge in [-0.2, -0.15) is 0 Å². The number of nitrogens with one attached hydrogen (secondary N) is 1. The summed E-state index contributed by atoms with van der Waals surface area (Å²) in [5, 5.41) is 2.04. The molecule has 0 bridgehead atoms. The van der Waals surface area contributed by atoms with Crippen LogP contribution in [-0.2, 0) is 11.2 Å². The van der Waals surface area contributed by atoms with Gasteiger partial charge in [0, 0.05) is 49.2 Å². The van der Waals surface area contributed by atoms with Crippen molar-refractivity contribution in [3.05, 3.63) is 51.1 Å². The van der Waals surface area contributed by atoms with Crippen LogP contribution in [0.15, 0.2) is 44.9 Å². The first-order valence-electron chi connectivity index (χ1n) is 8.37. The van der Waals surface area contributed by atoms with Gasteiger partial charge in [-0.25, -0.2) is 4.79 Å². The number of nitrogens with zero attached hydrogens (tertiary/aromatic N) is 2. The number of aromatic amines is 1. The smallest absolute Gasteiger partial charge is 0.408 e. The van der Waals surface area contributed by atoms with E-state index in [1.807, 2.05) is 34.5 Å². The highest BCUT2D eigenvalue weighted by Gasteiger charge is 2.21. The molecule has 2 aromatic heterocycles. The fourth-order valence-corrected chi connectivity index (χ4v) is 3.90. The summed E-state index contributed by atoms with van der Waals surface area (Å²) in [5.41, 5.74) is 2.29. The number of H-pyrrole nitrogens is 1. The Labute approximate surface area is 148 Å². The zero-order valence-electron chi connectivity index (χ0n) is 13.7. The highest BCUT2D eigenvalue weighted by Crippen LogP contribution is 2.22. The monoisotopic (exact) mass is 357 g/mol. The van der Waals surface area contributed by atoms with Gasteiger partial charge >= 0.3 is 5.76 Å². The summed E-state index contributed by atoms with van der Waals surface area (Å²) in [6.07, 6.45) is 1.39. The molecule has 1 fully saturated rings. The largest absolute Gasteiger partial charge is 0.417 e. The van der Waals surface area contributed by atoms with E-state index in [0.29, 0.717) is 17.5 Å². The molecule has 1 saturated heterocycles. The highest BCUT2D eigenvalue weighted by atomic mass is 32.1. The maximum atomic E-state index is 12.4. The number of amides is 1. The Morgan fingerprint density at radius 1 is 1.20 bits per heavy atom. The first kappa shape index (κ1) is 16.0. The van der Waals surface area contributed by atoms with Gasteiger partial charge in [-0.15, -0.1) is 11.3 Å². The zero-order chi connectivity index (χ0) is 17.2. The number of rotatable bonds is 4. The van der Waals surface area contributed by atoms with Gasteiger partial charge in [0.05, 0.1) is 5.52 Å². The van der Waals surface area contributed by atoms with Crippen molar-refractivity contribution in [3.8, 4) is 0 Å². The fraction of sp³-hybridized carbons (Fsp3) is 0.333. The lowest BCUT2D eigenvalue weighted by molar-refractivity contribution is -0.131. The van der Waals surface area contributed by atoms with E-state index in [4.69, 9.17) is 4.42 Å². The molecule has 1 aliphatic heterocycles. The molecular formula is C18H19N3O3S. The number of hydrogen-bond donors (Lipinski definition) is 1. The Kier molecular flexibility index (Phi) is 4.31. The normalized spacial score (nSPS) is 15.0. The predicted molar refractivity (Wildman–Crippen MR) is 98.3 cm³/mol. The number of hydrogen-bond acceptors (Lipinski definition) is 5. The molecule has 1 N–H and O–H groups in total. The molecule has 1 aliphatic rings. The molecule has 0 aliphatic carbocycles. The van der Waals surface area contributed by atoms with Gasteiger partial charge in [0.2, 0.25) is 5.91 Å². The second-order valence-corrected chi connectivity index (χ2v) is 7.17. The number of aromatic nitrogens is 1. The predicted octanol–water partition coefficient (Wildman–Crippen LogP) is 2.46. The number of carbonyl (C=O) groups excluding carboxylic acids is 1. The Hall–Kier alpha value is -2.54. The molecule has 1 aromatic carbocycles. The lowest BCUT2D eigenvalue weighted by Crippen LogP contribution is -2.48. The lowest BCUT2D eigenvalue weighted by Gasteiger charge is -2.36. The van der Waals surface area contributed by atoms with Gasteiger partial charge in [-0.3, -0.25) is 9.78 Å². The average molecular weight is 357 g/mol. The molecule has 0 radical (unpaired) electrons. The van der Waals surface area contributed by atoms with Crippen LogP contribution < -0.4 is 10.7 Å². The van der Waals surface area contributed by atoms with E-state index in [1.54, 1.807) is 11.3 Å². The van der Waals surface area contributed by atoms with Crippen molar-refractivity contribution >= 4 is 34.0 Å². The van der Waals surface area contributed by atoms with E-state index in [2.05, 4.69) is 16.0 Å². The molecule has 4 rings (SSSR count). The van der Waals surface area contributed by atoms with E-state index in [-0.39, 0.29) is 5.91 Å². The number of carbonyl (C=O) groups is 1. The minimum atomic E-state index is -0.437. The maximum absolute atomic E-state index is 12.4. The van der Waals surface area contributed by atoms with Crippen LogP contribution in [0.1, 0.15) is 11.3 Å². The summed E-state index contributed by atoms with van der Waals surface area (Å²) in [6.45, 7) is 3.01. The third kappa shape index (κ3) is 3.46. The topological polar surface area (TPSA) is 69.6 Å². The van der Waals surface area contributed by atoms with Crippen LogP contribution in [0.5, 0.6) is 0 Å². The summed E-state index contributed by atoms with van der Waals surface area (Å²) < 4.78 is 5.12. The second-order valence-electron chi connectivity index (χ2n) is 6.14. The molecule has 0 saturated carbocycles. The van der Waals surface area contributed by atoms with Gasteiger partial charge in [0.25, 0.3) is 0 Å². The Balaban J connectivity index is 1.35. The van der Waals surface area contributed by atoms with Crippen molar-refractivity contribution in [1.29, 1.82) is 0 Å². The second kappa shape index (κ2) is 6.76. The molecule has 7 heteroatoms. The van der Waals surface area contributed by atoms with E-state index < -0.39 is 5.76 Å². The van der Waals surface area contributed by atoms with Crippen LogP contribution in [0.2, 0.25) is 0 Å². The van der Waals surface area contributed by atoms with Gasteiger partial charge in [-0.05, 0) is 30.0 Å². The van der Waals surface area contributed by atoms with Gasteiger partial charge in [-0.1, -0.05) is 6.07 Å². The average Bonchev–Trinajstić information content (AvgIpc) is 3.27. The quantitative estimate of drug-likeness (QED) is 0.779. The van der Waals surface area contributed by atoms with Crippen molar-refractivity contribution < 1.29 is 9.21 Å². The molecule has 6 nitrogen and oxygen atoms in total. The van der Waals surface area contributed by atoms with Crippen LogP contribution in [0.25, 0.3) is 11.1 Å². The van der Waals surface area contributed by atoms with Gasteiger partial charge in [0.15, 0.2) is 5.58 Å². The molecule has 3 heterocycles. The Morgan fingerprint density at radius 3 is 2.80 bits per heavy atom. The third-order valence-corrected chi connectivity index (χ3v) is 5.50. The number of thiophene rings is 1. The minimum absolute atomic E-state index is 0.222. The van der Waals surface area contributed by atoms with Crippen LogP contribution in [0.3, 0.4) is 0 Å². The zero-order valence-corrected chi connectivity index (χ0v) is 14.6. The van der Waals surface area contributed by atoms with E-state index >= 15 is 0 Å². The number of oxazole rings is 1. The van der Waals surface area contributed by atoms with Crippen molar-refractivity contribution in [3.63, 3.8) is 0 Å². The van der Waals surface area contributed by atoms with Gasteiger partial charge < -0.3 is 14.2 Å². The third-order valence-electron chi connectivity index (χ3n) is 4.57. The minimum Gasteiger partial charge on any atom is -0.408 e. The van der Waals surface area contributed by atoms with Crippen molar-refractivity contribution in [2.75, 3.05) is 31.1 Å². The molecule has 130 valence electrons. The lowest BCUT2D eigenvalue weighted by atomic mass is 10.2. The fourth-order valence-electron chi connectivity index (χ4n) is 3.19. The molecule has 0 unspecified atom stereocenters. The first-order chi connectivity index (χ1) is 12.2. The van der Waals surface area contributed by atoms with Crippen LogP contribution in [-0.4, -0.2) is 42.0 Å². The van der Waals surface area contributed by atoms with Gasteiger partial charge in [0.1, 0.15) is 0 Å². The molecule has 25 heavy (non-hydrogen) atoms. The van der Waals surface area contributed by atoms with Crippen LogP contribution in [0, 0.1) is 0 Å². The molecular weight excluding hydrogens is 338 g/mol. The molecule has 3 aromatic rings. The highest BCUT2D eigenvalue weighted by molar-refractivity contribution is 7.09. The summed E-state index contributed by atoms with van der Waals surface area (Å²) in [5.74, 6) is -0.214. The number of piperazine rings is 1. The summed E-state index contributed by atoms with van der Waals surface area (Å²) in [6, 6.07) is 9.80. The van der Waals surface area contributed by atoms with E-state index in [1.165, 1.54) is 4.88 Å². The van der Waals surface area contributed by atoms with E-state index in [9.17, 15) is 9.59 Å². The summed E-state index contributed by atoms with van der Waals surface area (Å²) >= 11 is 1.70. The standard InChI is InChI=1S/C18H19N3O3S/c22-17(6-4-14-2-1-11-25-14)21-9-7-20(8-10-21)13-3-5-15-16(12-13)24-18(23)19-15/h1-3,5,11-12H,4,6-10H2,(H,19,23). The Morgan fingerprint density at radius 2 is 2.04 bits per heavy atom. The molecule has 0 atom stereocenters. The van der Waals surface area contributed by atoms with Crippen molar-refractivity contribution in [1.82, 2.24) is 9.88 Å². The number of aryl methyl sites for hydroxylation is 1. The molecule has 0 spiro atoms. The number of benzene rings is 1. The summed E-state index contributed by atoms with van der Waals surface area (Å²) in [7, 11) is 0. The van der Waals surface area contributed by atoms with Crippen LogP contribution in [0.4, 0.5) is 5.69 Å². The van der Waals surface area contributed by atoms with Crippen LogP contribution >= 0.6 is 11.3 Å². The Bertz CT molecular complexity index is 921. The SMILES string of the molecule is O=C(CCc1cccs1)N1CCN(c2ccc3[nH]c(=O)oc3c2)CC1. The maximum Gasteiger partial charge on any atom is 0.417 e. The molecule has 1 amide bonds. The van der Waals surface area contributed by atoms with E-state index in [0.717, 1.165) is 38.3 Å². The number of anilines is 1. The van der Waals surface area contributed by atoms with Crippen molar-refractivity contribution in [2.24, 2.45) is 0 Å². The summed E-state index contributed by atoms with van der Waals surface area (Å²) in [4.78, 5) is 31.7. The first-order valence-corrected chi connectivity index (χ1v) is 9.25.